The maximum atomic E-state index is 13.0. The molecule has 29 heavy (non-hydrogen) atoms. The van der Waals surface area contributed by atoms with E-state index in [0.717, 1.165) is 45.1 Å². The van der Waals surface area contributed by atoms with Crippen LogP contribution in [0.15, 0.2) is 17.2 Å². The lowest BCUT2D eigenvalue weighted by molar-refractivity contribution is 0.0914. The van der Waals surface area contributed by atoms with Crippen molar-refractivity contribution in [1.82, 2.24) is 15.2 Å². The van der Waals surface area contributed by atoms with Crippen molar-refractivity contribution in [3.8, 4) is 0 Å². The Balaban J connectivity index is 1.83. The third-order valence-electron chi connectivity index (χ3n) is 5.78. The molecule has 1 aromatic heterocycles. The molecule has 1 atom stereocenters. The van der Waals surface area contributed by atoms with Gasteiger partial charge in [-0.2, -0.15) is 0 Å². The topological polar surface area (TPSA) is 89.4 Å². The fourth-order valence-electron chi connectivity index (χ4n) is 4.20. The van der Waals surface area contributed by atoms with E-state index >= 15 is 0 Å². The van der Waals surface area contributed by atoms with Gasteiger partial charge >= 0.3 is 0 Å². The van der Waals surface area contributed by atoms with Crippen molar-refractivity contribution in [2.75, 3.05) is 13.2 Å². The average molecular weight is 404 g/mol. The standard InChI is InChI=1S/C22H33N3O4/c1-2-23-21(27)18-14-25(13-17-11-8-12-29-17)15-19(20(18)26)22(28)24-16-9-6-4-3-5-7-10-16/h14-17H,2-13H2,1H3,(H,23,27)(H,24,28). The van der Waals surface area contributed by atoms with Crippen LogP contribution in [0.2, 0.25) is 0 Å². The second kappa shape index (κ2) is 10.6. The smallest absolute Gasteiger partial charge is 0.256 e. The number of hydrogen-bond acceptors (Lipinski definition) is 4. The average Bonchev–Trinajstić information content (AvgIpc) is 3.18. The van der Waals surface area contributed by atoms with Gasteiger partial charge in [0.25, 0.3) is 11.8 Å². The molecule has 2 heterocycles. The third-order valence-corrected chi connectivity index (χ3v) is 5.78. The highest BCUT2D eigenvalue weighted by Gasteiger charge is 2.23. The molecule has 0 spiro atoms. The summed E-state index contributed by atoms with van der Waals surface area (Å²) in [7, 11) is 0. The maximum absolute atomic E-state index is 13.0. The molecule has 0 bridgehead atoms. The van der Waals surface area contributed by atoms with Crippen molar-refractivity contribution in [2.45, 2.75) is 83.4 Å². The molecule has 1 unspecified atom stereocenters. The van der Waals surface area contributed by atoms with E-state index in [-0.39, 0.29) is 29.2 Å². The number of aromatic nitrogens is 1. The number of rotatable bonds is 6. The molecule has 1 aromatic rings. The van der Waals surface area contributed by atoms with Crippen molar-refractivity contribution in [3.63, 3.8) is 0 Å². The van der Waals surface area contributed by atoms with Gasteiger partial charge < -0.3 is 19.9 Å². The van der Waals surface area contributed by atoms with E-state index in [1.54, 1.807) is 23.9 Å². The monoisotopic (exact) mass is 403 g/mol. The summed E-state index contributed by atoms with van der Waals surface area (Å²) in [5.74, 6) is -0.827. The number of hydrogen-bond donors (Lipinski definition) is 2. The van der Waals surface area contributed by atoms with E-state index in [1.165, 1.54) is 19.3 Å². The molecule has 2 amide bonds. The lowest BCUT2D eigenvalue weighted by Crippen LogP contribution is -2.40. The maximum Gasteiger partial charge on any atom is 0.256 e. The molecule has 7 nitrogen and oxygen atoms in total. The molecule has 1 aliphatic heterocycles. The second-order valence-electron chi connectivity index (χ2n) is 8.12. The Morgan fingerprint density at radius 2 is 1.66 bits per heavy atom. The Hall–Kier alpha value is -2.15. The number of pyridine rings is 1. The molecule has 2 aliphatic rings. The van der Waals surface area contributed by atoms with Gasteiger partial charge in [0.2, 0.25) is 5.43 Å². The van der Waals surface area contributed by atoms with Gasteiger partial charge in [0.1, 0.15) is 11.1 Å². The lowest BCUT2D eigenvalue weighted by atomic mass is 9.96. The fraction of sp³-hybridized carbons (Fsp3) is 0.682. The number of ether oxygens (including phenoxy) is 1. The minimum atomic E-state index is -0.511. The van der Waals surface area contributed by atoms with E-state index in [9.17, 15) is 14.4 Å². The molecule has 3 rings (SSSR count). The molecule has 0 aromatic carbocycles. The number of amides is 2. The highest BCUT2D eigenvalue weighted by atomic mass is 16.5. The van der Waals surface area contributed by atoms with Crippen LogP contribution in [0.4, 0.5) is 0 Å². The highest BCUT2D eigenvalue weighted by molar-refractivity contribution is 5.99. The van der Waals surface area contributed by atoms with Crippen molar-refractivity contribution in [2.24, 2.45) is 0 Å². The number of carbonyl (C=O) groups excluding carboxylic acids is 2. The molecule has 2 N–H and O–H groups in total. The minimum Gasteiger partial charge on any atom is -0.376 e. The quantitative estimate of drug-likeness (QED) is 0.764. The van der Waals surface area contributed by atoms with Gasteiger partial charge in [-0.15, -0.1) is 0 Å². The van der Waals surface area contributed by atoms with Crippen LogP contribution in [-0.4, -0.2) is 41.7 Å². The number of nitrogens with zero attached hydrogens (tertiary/aromatic N) is 1. The Morgan fingerprint density at radius 3 is 2.28 bits per heavy atom. The Bertz CT molecular complexity index is 760. The molecular formula is C22H33N3O4. The fourth-order valence-corrected chi connectivity index (χ4v) is 4.20. The zero-order valence-electron chi connectivity index (χ0n) is 17.4. The zero-order chi connectivity index (χ0) is 20.6. The third kappa shape index (κ3) is 5.92. The van der Waals surface area contributed by atoms with Crippen LogP contribution in [0.5, 0.6) is 0 Å². The van der Waals surface area contributed by atoms with Crippen LogP contribution >= 0.6 is 0 Å². The van der Waals surface area contributed by atoms with Crippen LogP contribution in [0.25, 0.3) is 0 Å². The molecular weight excluding hydrogens is 370 g/mol. The first-order valence-electron chi connectivity index (χ1n) is 11.0. The summed E-state index contributed by atoms with van der Waals surface area (Å²) >= 11 is 0. The van der Waals surface area contributed by atoms with E-state index in [2.05, 4.69) is 10.6 Å². The summed E-state index contributed by atoms with van der Waals surface area (Å²) in [6.45, 7) is 3.47. The van der Waals surface area contributed by atoms with Crippen molar-refractivity contribution in [3.05, 3.63) is 33.7 Å². The largest absolute Gasteiger partial charge is 0.376 e. The molecule has 0 radical (unpaired) electrons. The summed E-state index contributed by atoms with van der Waals surface area (Å²) < 4.78 is 7.44. The van der Waals surface area contributed by atoms with E-state index in [1.807, 2.05) is 0 Å². The first kappa shape index (κ1) is 21.6. The number of carbonyl (C=O) groups is 2. The molecule has 1 aliphatic carbocycles. The van der Waals surface area contributed by atoms with Crippen molar-refractivity contribution < 1.29 is 14.3 Å². The SMILES string of the molecule is CCNC(=O)c1cn(CC2CCCO2)cc(C(=O)NC2CCCCCCC2)c1=O. The van der Waals surface area contributed by atoms with E-state index in [4.69, 9.17) is 4.74 Å². The van der Waals surface area contributed by atoms with Gasteiger partial charge in [-0.25, -0.2) is 0 Å². The zero-order valence-corrected chi connectivity index (χ0v) is 17.4. The Morgan fingerprint density at radius 1 is 1.00 bits per heavy atom. The van der Waals surface area contributed by atoms with Gasteiger partial charge in [-0.1, -0.05) is 32.1 Å². The predicted octanol–water partition coefficient (Wildman–Crippen LogP) is 2.62. The number of nitrogens with one attached hydrogen (secondary N) is 2. The van der Waals surface area contributed by atoms with Crippen molar-refractivity contribution in [1.29, 1.82) is 0 Å². The van der Waals surface area contributed by atoms with Crippen LogP contribution in [0, 0.1) is 0 Å². The van der Waals surface area contributed by atoms with Gasteiger partial charge in [-0.3, -0.25) is 14.4 Å². The summed E-state index contributed by atoms with van der Waals surface area (Å²) in [6, 6.07) is 0.0851. The second-order valence-corrected chi connectivity index (χ2v) is 8.12. The van der Waals surface area contributed by atoms with Crippen LogP contribution in [-0.2, 0) is 11.3 Å². The highest BCUT2D eigenvalue weighted by Crippen LogP contribution is 2.18. The Labute approximate surface area is 172 Å². The van der Waals surface area contributed by atoms with Gasteiger partial charge in [0.05, 0.1) is 6.10 Å². The van der Waals surface area contributed by atoms with Crippen molar-refractivity contribution >= 4 is 11.8 Å². The molecule has 160 valence electrons. The summed E-state index contributed by atoms with van der Waals surface area (Å²) in [5.41, 5.74) is -0.466. The van der Waals surface area contributed by atoms with Crippen LogP contribution in [0.1, 0.15) is 85.4 Å². The first-order chi connectivity index (χ1) is 14.1. The summed E-state index contributed by atoms with van der Waals surface area (Å²) in [6.07, 6.45) is 12.8. The lowest BCUT2D eigenvalue weighted by Gasteiger charge is -2.21. The molecule has 7 heteroatoms. The first-order valence-corrected chi connectivity index (χ1v) is 11.0. The normalized spacial score (nSPS) is 20.7. The van der Waals surface area contributed by atoms with Gasteiger partial charge in [0, 0.05) is 38.1 Å². The van der Waals surface area contributed by atoms with Crippen LogP contribution < -0.4 is 16.1 Å². The summed E-state index contributed by atoms with van der Waals surface area (Å²) in [5, 5.41) is 5.72. The predicted molar refractivity (Wildman–Crippen MR) is 111 cm³/mol. The molecule has 1 saturated carbocycles. The van der Waals surface area contributed by atoms with E-state index in [0.29, 0.717) is 13.1 Å². The summed E-state index contributed by atoms with van der Waals surface area (Å²) in [4.78, 5) is 38.3. The molecule has 1 saturated heterocycles. The van der Waals surface area contributed by atoms with Gasteiger partial charge in [-0.05, 0) is 32.6 Å². The minimum absolute atomic E-state index is 0.00941. The molecule has 2 fully saturated rings. The van der Waals surface area contributed by atoms with Gasteiger partial charge in [0.15, 0.2) is 0 Å². The van der Waals surface area contributed by atoms with Crippen LogP contribution in [0.3, 0.4) is 0 Å². The van der Waals surface area contributed by atoms with E-state index < -0.39 is 11.3 Å². The Kier molecular flexibility index (Phi) is 7.86.